The van der Waals surface area contributed by atoms with Gasteiger partial charge in [0.2, 0.25) is 0 Å². The van der Waals surface area contributed by atoms with Crippen LogP contribution in [0.5, 0.6) is 5.75 Å². The van der Waals surface area contributed by atoms with Crippen molar-refractivity contribution in [1.82, 2.24) is 20.1 Å². The molecule has 3 rings (SSSR count). The summed E-state index contributed by atoms with van der Waals surface area (Å²) in [4.78, 5) is 21.1. The number of nitrogens with zero attached hydrogens (tertiary/aromatic N) is 3. The zero-order valence-corrected chi connectivity index (χ0v) is 15.5. The first kappa shape index (κ1) is 17.7. The quantitative estimate of drug-likeness (QED) is 0.890. The fourth-order valence-corrected chi connectivity index (χ4v) is 3.46. The number of hydrogen-bond acceptors (Lipinski definition) is 5. The molecule has 1 N–H and O–H groups in total. The lowest BCUT2D eigenvalue weighted by Crippen LogP contribution is -2.51. The SMILES string of the molecule is COc1ccc(CNC(=O)N2CCN(Cc3csc(C)n3)CC2)cc1. The third-order valence-electron chi connectivity index (χ3n) is 4.31. The van der Waals surface area contributed by atoms with Gasteiger partial charge in [-0.05, 0) is 24.6 Å². The molecule has 2 amide bonds. The van der Waals surface area contributed by atoms with Gasteiger partial charge in [-0.15, -0.1) is 11.3 Å². The van der Waals surface area contributed by atoms with Gasteiger partial charge in [-0.1, -0.05) is 12.1 Å². The highest BCUT2D eigenvalue weighted by molar-refractivity contribution is 7.09. The van der Waals surface area contributed by atoms with Gasteiger partial charge < -0.3 is 15.0 Å². The van der Waals surface area contributed by atoms with Crippen LogP contribution in [0.1, 0.15) is 16.3 Å². The Kier molecular flexibility index (Phi) is 5.88. The van der Waals surface area contributed by atoms with Crippen LogP contribution in [-0.2, 0) is 13.1 Å². The molecule has 1 fully saturated rings. The van der Waals surface area contributed by atoms with Crippen LogP contribution in [0.15, 0.2) is 29.6 Å². The van der Waals surface area contributed by atoms with E-state index >= 15 is 0 Å². The van der Waals surface area contributed by atoms with Crippen LogP contribution in [0.3, 0.4) is 0 Å². The van der Waals surface area contributed by atoms with Crippen LogP contribution < -0.4 is 10.1 Å². The van der Waals surface area contributed by atoms with Crippen molar-refractivity contribution in [1.29, 1.82) is 0 Å². The van der Waals surface area contributed by atoms with Gasteiger partial charge in [0.1, 0.15) is 5.75 Å². The Balaban J connectivity index is 1.41. The Hall–Kier alpha value is -2.12. The van der Waals surface area contributed by atoms with Gasteiger partial charge in [0.15, 0.2) is 0 Å². The molecule has 1 aliphatic rings. The van der Waals surface area contributed by atoms with E-state index < -0.39 is 0 Å². The number of methoxy groups -OCH3 is 1. The predicted molar refractivity (Wildman–Crippen MR) is 98.9 cm³/mol. The first-order chi connectivity index (χ1) is 12.1. The molecular weight excluding hydrogens is 336 g/mol. The maximum atomic E-state index is 12.3. The van der Waals surface area contributed by atoms with Gasteiger partial charge in [0, 0.05) is 44.6 Å². The third-order valence-corrected chi connectivity index (χ3v) is 5.14. The number of aromatic nitrogens is 1. The number of aryl methyl sites for hydroxylation is 1. The summed E-state index contributed by atoms with van der Waals surface area (Å²) in [6.45, 7) is 6.68. The molecule has 0 unspecified atom stereocenters. The molecule has 6 nitrogen and oxygen atoms in total. The number of piperazine rings is 1. The van der Waals surface area contributed by atoms with E-state index in [1.807, 2.05) is 36.1 Å². The molecule has 0 spiro atoms. The standard InChI is InChI=1S/C18H24N4O2S/c1-14-20-16(13-25-14)12-21-7-9-22(10-8-21)18(23)19-11-15-3-5-17(24-2)6-4-15/h3-6,13H,7-12H2,1-2H3,(H,19,23). The number of nitrogens with one attached hydrogen (secondary N) is 1. The molecule has 1 aromatic heterocycles. The Labute approximate surface area is 152 Å². The molecule has 7 heteroatoms. The fourth-order valence-electron chi connectivity index (χ4n) is 2.85. The van der Waals surface area contributed by atoms with Crippen LogP contribution >= 0.6 is 11.3 Å². The number of amides is 2. The number of ether oxygens (including phenoxy) is 1. The summed E-state index contributed by atoms with van der Waals surface area (Å²) in [5.74, 6) is 0.821. The lowest BCUT2D eigenvalue weighted by atomic mass is 10.2. The Morgan fingerprint density at radius 2 is 1.96 bits per heavy atom. The van der Waals surface area contributed by atoms with Crippen molar-refractivity contribution in [3.05, 3.63) is 45.9 Å². The van der Waals surface area contributed by atoms with Gasteiger partial charge in [-0.3, -0.25) is 4.90 Å². The van der Waals surface area contributed by atoms with Crippen LogP contribution in [0, 0.1) is 6.92 Å². The molecule has 134 valence electrons. The minimum Gasteiger partial charge on any atom is -0.497 e. The molecule has 2 aromatic rings. The lowest BCUT2D eigenvalue weighted by Gasteiger charge is -2.34. The predicted octanol–water partition coefficient (Wildman–Crippen LogP) is 2.49. The van der Waals surface area contributed by atoms with E-state index in [0.717, 1.165) is 54.7 Å². The smallest absolute Gasteiger partial charge is 0.317 e. The first-order valence-corrected chi connectivity index (χ1v) is 9.31. The van der Waals surface area contributed by atoms with Gasteiger partial charge >= 0.3 is 6.03 Å². The van der Waals surface area contributed by atoms with Crippen molar-refractivity contribution in [3.63, 3.8) is 0 Å². The Morgan fingerprint density at radius 3 is 2.56 bits per heavy atom. The van der Waals surface area contributed by atoms with Gasteiger partial charge in [0.25, 0.3) is 0 Å². The van der Waals surface area contributed by atoms with Crippen LogP contribution in [0.4, 0.5) is 4.79 Å². The molecule has 25 heavy (non-hydrogen) atoms. The maximum absolute atomic E-state index is 12.3. The number of urea groups is 1. The largest absolute Gasteiger partial charge is 0.497 e. The first-order valence-electron chi connectivity index (χ1n) is 8.43. The minimum atomic E-state index is -0.0000270. The van der Waals surface area contributed by atoms with Crippen molar-refractivity contribution in [2.45, 2.75) is 20.0 Å². The monoisotopic (exact) mass is 360 g/mol. The topological polar surface area (TPSA) is 57.7 Å². The maximum Gasteiger partial charge on any atom is 0.317 e. The second-order valence-electron chi connectivity index (χ2n) is 6.13. The summed E-state index contributed by atoms with van der Waals surface area (Å²) in [6.07, 6.45) is 0. The van der Waals surface area contributed by atoms with Gasteiger partial charge in [-0.25, -0.2) is 9.78 Å². The average molecular weight is 360 g/mol. The Bertz CT molecular complexity index is 693. The lowest BCUT2D eigenvalue weighted by molar-refractivity contribution is 0.134. The van der Waals surface area contributed by atoms with E-state index in [1.165, 1.54) is 0 Å². The molecule has 1 aromatic carbocycles. The van der Waals surface area contributed by atoms with Crippen LogP contribution in [0.25, 0.3) is 0 Å². The third kappa shape index (κ3) is 4.93. The van der Waals surface area contributed by atoms with E-state index in [2.05, 4.69) is 20.6 Å². The molecule has 0 radical (unpaired) electrons. The van der Waals surface area contributed by atoms with Crippen LogP contribution in [0.2, 0.25) is 0 Å². The summed E-state index contributed by atoms with van der Waals surface area (Å²) in [5, 5.41) is 6.21. The van der Waals surface area contributed by atoms with E-state index in [4.69, 9.17) is 4.74 Å². The number of carbonyl (C=O) groups is 1. The highest BCUT2D eigenvalue weighted by Gasteiger charge is 2.21. The van der Waals surface area contributed by atoms with Crippen molar-refractivity contribution < 1.29 is 9.53 Å². The molecule has 1 saturated heterocycles. The van der Waals surface area contributed by atoms with E-state index in [-0.39, 0.29) is 6.03 Å². The molecule has 0 atom stereocenters. The second-order valence-corrected chi connectivity index (χ2v) is 7.19. The summed E-state index contributed by atoms with van der Waals surface area (Å²) < 4.78 is 5.14. The van der Waals surface area contributed by atoms with Crippen molar-refractivity contribution >= 4 is 17.4 Å². The second kappa shape index (κ2) is 8.31. The van der Waals surface area contributed by atoms with Crippen molar-refractivity contribution in [2.75, 3.05) is 33.3 Å². The van der Waals surface area contributed by atoms with E-state index in [1.54, 1.807) is 18.4 Å². The highest BCUT2D eigenvalue weighted by Crippen LogP contribution is 2.13. The number of rotatable bonds is 5. The van der Waals surface area contributed by atoms with Crippen molar-refractivity contribution in [2.24, 2.45) is 0 Å². The Morgan fingerprint density at radius 1 is 1.24 bits per heavy atom. The van der Waals surface area contributed by atoms with Gasteiger partial charge in [0.05, 0.1) is 17.8 Å². The zero-order valence-electron chi connectivity index (χ0n) is 14.7. The van der Waals surface area contributed by atoms with E-state index in [0.29, 0.717) is 6.54 Å². The molecular formula is C18H24N4O2S. The number of benzene rings is 1. The number of hydrogen-bond donors (Lipinski definition) is 1. The molecule has 1 aliphatic heterocycles. The molecule has 2 heterocycles. The minimum absolute atomic E-state index is 0.0000270. The summed E-state index contributed by atoms with van der Waals surface area (Å²) in [5.41, 5.74) is 2.19. The highest BCUT2D eigenvalue weighted by atomic mass is 32.1. The van der Waals surface area contributed by atoms with Crippen molar-refractivity contribution in [3.8, 4) is 5.75 Å². The molecule has 0 bridgehead atoms. The number of thiazole rings is 1. The number of carbonyl (C=O) groups excluding carboxylic acids is 1. The molecule has 0 aliphatic carbocycles. The summed E-state index contributed by atoms with van der Waals surface area (Å²) >= 11 is 1.69. The van der Waals surface area contributed by atoms with E-state index in [9.17, 15) is 4.79 Å². The summed E-state index contributed by atoms with van der Waals surface area (Å²) in [7, 11) is 1.64. The normalized spacial score (nSPS) is 15.2. The summed E-state index contributed by atoms with van der Waals surface area (Å²) in [6, 6.07) is 7.74. The average Bonchev–Trinajstić information content (AvgIpc) is 3.05. The zero-order chi connectivity index (χ0) is 17.6. The fraction of sp³-hybridized carbons (Fsp3) is 0.444. The van der Waals surface area contributed by atoms with Crippen LogP contribution in [-0.4, -0.2) is 54.1 Å². The van der Waals surface area contributed by atoms with Gasteiger partial charge in [-0.2, -0.15) is 0 Å². The molecule has 0 saturated carbocycles.